The predicted octanol–water partition coefficient (Wildman–Crippen LogP) is 25.1. The van der Waals surface area contributed by atoms with Crippen LogP contribution in [0.15, 0.2) is 109 Å². The summed E-state index contributed by atoms with van der Waals surface area (Å²) in [6, 6.07) is 0. The van der Waals surface area contributed by atoms with Crippen molar-refractivity contribution in [1.29, 1.82) is 0 Å². The maximum absolute atomic E-state index is 13.0. The zero-order valence-corrected chi connectivity index (χ0v) is 68.4. The summed E-state index contributed by atoms with van der Waals surface area (Å²) in [6.45, 7) is 2.63. The first-order valence-corrected chi connectivity index (χ1v) is 45.2. The van der Waals surface area contributed by atoms with E-state index in [0.29, 0.717) is 19.3 Å². The Balaban J connectivity index is 4.46. The third kappa shape index (κ3) is 81.0. The Morgan fingerprint density at radius 3 is 0.781 bits per heavy atom. The van der Waals surface area contributed by atoms with Crippen LogP contribution in [0.25, 0.3) is 0 Å². The van der Waals surface area contributed by atoms with Gasteiger partial charge >= 0.3 is 33.6 Å². The molecule has 18 heteroatoms. The summed E-state index contributed by atoms with van der Waals surface area (Å²) in [7, 11) is -9.80. The second-order valence-electron chi connectivity index (χ2n) is 28.3. The van der Waals surface area contributed by atoms with Gasteiger partial charge in [0.1, 0.15) is 25.4 Å². The van der Waals surface area contributed by atoms with Crippen LogP contribution in [0.4, 0.5) is 0 Å². The maximum atomic E-state index is 13.0. The Bertz CT molecular complexity index is 2340. The minimum atomic E-state index is -4.94. The lowest BCUT2D eigenvalue weighted by Gasteiger charge is -2.21. The predicted molar refractivity (Wildman–Crippen MR) is 436 cm³/mol. The van der Waals surface area contributed by atoms with Gasteiger partial charge in [0.15, 0.2) is 6.10 Å². The Morgan fingerprint density at radius 1 is 0.267 bits per heavy atom. The minimum Gasteiger partial charge on any atom is -0.463 e. The number of aliphatic hydroxyl groups is 2. The van der Waals surface area contributed by atoms with Crippen molar-refractivity contribution in [3.63, 3.8) is 0 Å². The molecule has 16 nitrogen and oxygen atoms in total. The Labute approximate surface area is 640 Å². The molecule has 0 fully saturated rings. The molecule has 0 saturated carbocycles. The highest BCUT2D eigenvalue weighted by Gasteiger charge is 2.29. The average molecular weight is 1520 g/mol. The highest BCUT2D eigenvalue weighted by Crippen LogP contribution is 2.45. The van der Waals surface area contributed by atoms with Gasteiger partial charge in [-0.2, -0.15) is 0 Å². The van der Waals surface area contributed by atoms with Crippen molar-refractivity contribution in [2.75, 3.05) is 39.6 Å². The molecule has 5 unspecified atom stereocenters. The molecule has 0 rings (SSSR count). The van der Waals surface area contributed by atoms with Gasteiger partial charge in [0.05, 0.1) is 26.4 Å². The van der Waals surface area contributed by atoms with Crippen molar-refractivity contribution < 1.29 is 75.8 Å². The van der Waals surface area contributed by atoms with E-state index in [-0.39, 0.29) is 19.3 Å². The molecule has 0 spiro atoms. The highest BCUT2D eigenvalue weighted by atomic mass is 31.2. The number of allylic oxidation sites excluding steroid dienone is 18. The van der Waals surface area contributed by atoms with Crippen molar-refractivity contribution in [3.8, 4) is 0 Å². The Kier molecular flexibility index (Phi) is 76.9. The molecule has 0 aromatic carbocycles. The largest absolute Gasteiger partial charge is 0.472 e. The van der Waals surface area contributed by atoms with Crippen LogP contribution < -0.4 is 0 Å². The molecule has 0 aromatic heterocycles. The van der Waals surface area contributed by atoms with Gasteiger partial charge in [-0.1, -0.05) is 323 Å². The molecule has 105 heavy (non-hydrogen) atoms. The molecule has 608 valence electrons. The molecule has 0 heterocycles. The lowest BCUT2D eigenvalue weighted by Crippen LogP contribution is -2.30. The number of carbonyl (C=O) groups is 3. The smallest absolute Gasteiger partial charge is 0.463 e. The molecular formula is C87H154O16P2. The van der Waals surface area contributed by atoms with E-state index in [1.165, 1.54) is 180 Å². The molecule has 5 atom stereocenters. The third-order valence-corrected chi connectivity index (χ3v) is 19.8. The highest BCUT2D eigenvalue weighted by molar-refractivity contribution is 7.47. The Hall–Kier alpha value is -3.79. The summed E-state index contributed by atoms with van der Waals surface area (Å²) >= 11 is 0. The van der Waals surface area contributed by atoms with E-state index in [4.69, 9.17) is 32.3 Å². The number of ether oxygens (including phenoxy) is 3. The van der Waals surface area contributed by atoms with E-state index in [1.807, 2.05) is 0 Å². The SMILES string of the molecule is CCCCC/C=C\C/C=C\C/C=C\C/C=C\CCCCCCCCCCCCCCCCCCCC(=O)OCC(O)COP(=O)(O)OCC(O)COP(=O)(O)OCC(COC(=O)CCCCCCC/C=C\C/C=C\C/C=C\C/C=C\CCCCC)OC(=O)CCCCCCC/C=C\CCCCCCCC. The standard InChI is InChI=1S/C87H154O16P2/c1-4-7-10-13-16-19-22-25-28-30-32-34-35-36-37-38-39-40-41-42-43-44-45-47-49-50-53-55-58-61-64-67-70-73-85(90)97-76-82(88)77-99-104(93,94)100-78-83(89)79-101-105(95,96)102-81-84(103-87(92)75-72-69-66-63-60-57-52-27-24-21-18-15-12-9-6-3)80-98-86(91)74-71-68-65-62-59-56-54-51-48-46-33-31-29-26-23-20-17-14-11-8-5-2/h16-17,19-20,25-29,32-34,36-37,46,51-52,54,82-84,88-89H,4-15,18,21-24,30-31,35,38-45,47-50,53,55-81H2,1-3H3,(H,93,94)(H,95,96)/b19-16-,20-17-,28-25-,29-26-,34-32-,37-36-,46-33-,52-27-,54-51-. The van der Waals surface area contributed by atoms with Crippen molar-refractivity contribution in [3.05, 3.63) is 109 Å². The van der Waals surface area contributed by atoms with Gasteiger partial charge in [0.2, 0.25) is 0 Å². The van der Waals surface area contributed by atoms with E-state index < -0.39 is 91.5 Å². The number of phosphoric ester groups is 2. The molecule has 0 bridgehead atoms. The fourth-order valence-corrected chi connectivity index (χ4v) is 13.1. The number of carbonyl (C=O) groups excluding carboxylic acids is 3. The first-order valence-electron chi connectivity index (χ1n) is 42.2. The lowest BCUT2D eigenvalue weighted by molar-refractivity contribution is -0.161. The summed E-state index contributed by atoms with van der Waals surface area (Å²) in [5.41, 5.74) is 0. The van der Waals surface area contributed by atoms with Crippen LogP contribution in [0, 0.1) is 0 Å². The van der Waals surface area contributed by atoms with Crippen molar-refractivity contribution in [1.82, 2.24) is 0 Å². The fraction of sp³-hybridized carbons (Fsp3) is 0.759. The van der Waals surface area contributed by atoms with Crippen molar-refractivity contribution in [2.24, 2.45) is 0 Å². The Morgan fingerprint density at radius 2 is 0.476 bits per heavy atom. The van der Waals surface area contributed by atoms with Gasteiger partial charge in [-0.3, -0.25) is 32.5 Å². The van der Waals surface area contributed by atoms with Crippen LogP contribution in [-0.2, 0) is 55.8 Å². The van der Waals surface area contributed by atoms with E-state index >= 15 is 0 Å². The molecule has 0 saturated heterocycles. The maximum Gasteiger partial charge on any atom is 0.472 e. The second-order valence-corrected chi connectivity index (χ2v) is 31.2. The molecular weight excluding hydrogens is 1360 g/mol. The summed E-state index contributed by atoms with van der Waals surface area (Å²) in [4.78, 5) is 58.7. The first kappa shape index (κ1) is 101. The van der Waals surface area contributed by atoms with Crippen LogP contribution in [0.5, 0.6) is 0 Å². The zero-order valence-electron chi connectivity index (χ0n) is 66.6. The summed E-state index contributed by atoms with van der Waals surface area (Å²) in [5.74, 6) is -1.59. The average Bonchev–Trinajstić information content (AvgIpc) is 0.940. The zero-order chi connectivity index (χ0) is 76.6. The first-order chi connectivity index (χ1) is 51.2. The molecule has 0 aliphatic carbocycles. The number of rotatable bonds is 80. The number of hydrogen-bond donors (Lipinski definition) is 4. The normalized spacial score (nSPS) is 14.5. The van der Waals surface area contributed by atoms with Crippen LogP contribution in [0.1, 0.15) is 367 Å². The molecule has 0 radical (unpaired) electrons. The van der Waals surface area contributed by atoms with Crippen LogP contribution in [0.3, 0.4) is 0 Å². The quantitative estimate of drug-likeness (QED) is 0.0146. The monoisotopic (exact) mass is 1520 g/mol. The van der Waals surface area contributed by atoms with Crippen LogP contribution >= 0.6 is 15.6 Å². The van der Waals surface area contributed by atoms with Crippen LogP contribution in [-0.4, -0.2) is 95.9 Å². The summed E-state index contributed by atoms with van der Waals surface area (Å²) < 4.78 is 61.2. The number of hydrogen-bond acceptors (Lipinski definition) is 14. The van der Waals surface area contributed by atoms with E-state index in [9.17, 15) is 43.5 Å². The van der Waals surface area contributed by atoms with Gasteiger partial charge in [-0.05, 0) is 135 Å². The number of phosphoric acid groups is 2. The number of esters is 3. The van der Waals surface area contributed by atoms with E-state index in [1.54, 1.807) is 0 Å². The number of aliphatic hydroxyl groups excluding tert-OH is 2. The summed E-state index contributed by atoms with van der Waals surface area (Å²) in [6.07, 6.45) is 94.3. The summed E-state index contributed by atoms with van der Waals surface area (Å²) in [5, 5.41) is 20.7. The topological polar surface area (TPSA) is 231 Å². The van der Waals surface area contributed by atoms with Gasteiger partial charge in [0, 0.05) is 19.3 Å². The molecule has 4 N–H and O–H groups in total. The second kappa shape index (κ2) is 79.8. The molecule has 0 aromatic rings. The van der Waals surface area contributed by atoms with Crippen LogP contribution in [0.2, 0.25) is 0 Å². The third-order valence-electron chi connectivity index (χ3n) is 17.9. The van der Waals surface area contributed by atoms with Crippen molar-refractivity contribution >= 4 is 33.6 Å². The molecule has 0 amide bonds. The molecule has 0 aliphatic heterocycles. The van der Waals surface area contributed by atoms with Crippen molar-refractivity contribution in [2.45, 2.75) is 386 Å². The van der Waals surface area contributed by atoms with E-state index in [0.717, 1.165) is 128 Å². The number of unbranched alkanes of at least 4 members (excludes halogenated alkanes) is 39. The fourth-order valence-electron chi connectivity index (χ4n) is 11.5. The van der Waals surface area contributed by atoms with Gasteiger partial charge < -0.3 is 34.2 Å². The van der Waals surface area contributed by atoms with Gasteiger partial charge in [-0.25, -0.2) is 9.13 Å². The van der Waals surface area contributed by atoms with E-state index in [2.05, 4.69) is 130 Å². The van der Waals surface area contributed by atoms with Gasteiger partial charge in [-0.15, -0.1) is 0 Å². The minimum absolute atomic E-state index is 0.0903. The lowest BCUT2D eigenvalue weighted by atomic mass is 10.0. The molecule has 0 aliphatic rings. The van der Waals surface area contributed by atoms with Gasteiger partial charge in [0.25, 0.3) is 0 Å².